The van der Waals surface area contributed by atoms with Crippen LogP contribution in [0.25, 0.3) is 0 Å². The molecule has 132 valence electrons. The highest BCUT2D eigenvalue weighted by Gasteiger charge is 2.42. The molecule has 0 bridgehead atoms. The molecule has 1 saturated heterocycles. The molecule has 0 unspecified atom stereocenters. The van der Waals surface area contributed by atoms with E-state index in [0.29, 0.717) is 25.2 Å². The Labute approximate surface area is 145 Å². The van der Waals surface area contributed by atoms with E-state index in [1.807, 2.05) is 6.07 Å². The molecule has 25 heavy (non-hydrogen) atoms. The predicted octanol–water partition coefficient (Wildman–Crippen LogP) is 0.219. The number of nitrogens with zero attached hydrogens (tertiary/aromatic N) is 4. The Morgan fingerprint density at radius 2 is 2.16 bits per heavy atom. The summed E-state index contributed by atoms with van der Waals surface area (Å²) >= 11 is 0. The maximum Gasteiger partial charge on any atom is 0.253 e. The average Bonchev–Trinajstić information content (AvgIpc) is 3.15. The number of morpholine rings is 1. The first kappa shape index (κ1) is 16.0. The molecule has 2 aromatic rings. The number of hydrogen-bond acceptors (Lipinski definition) is 6. The van der Waals surface area contributed by atoms with Crippen LogP contribution >= 0.6 is 0 Å². The zero-order chi connectivity index (χ0) is 17.2. The van der Waals surface area contributed by atoms with Crippen LogP contribution in [0.1, 0.15) is 22.8 Å². The molecular formula is C17H21N5O3. The van der Waals surface area contributed by atoms with Gasteiger partial charge in [-0.1, -0.05) is 0 Å². The lowest BCUT2D eigenvalue weighted by molar-refractivity contribution is -0.00588. The molecule has 4 rings (SSSR count). The van der Waals surface area contributed by atoms with Gasteiger partial charge in [0, 0.05) is 31.7 Å². The van der Waals surface area contributed by atoms with Crippen LogP contribution < -0.4 is 10.2 Å². The van der Waals surface area contributed by atoms with E-state index < -0.39 is 6.10 Å². The summed E-state index contributed by atoms with van der Waals surface area (Å²) in [5, 5.41) is 17.2. The minimum Gasteiger partial charge on any atom is -0.391 e. The van der Waals surface area contributed by atoms with Gasteiger partial charge in [0.1, 0.15) is 0 Å². The van der Waals surface area contributed by atoms with Crippen LogP contribution in [0, 0.1) is 0 Å². The van der Waals surface area contributed by atoms with E-state index in [-0.39, 0.29) is 18.0 Å². The lowest BCUT2D eigenvalue weighted by atomic mass is 9.83. The summed E-state index contributed by atoms with van der Waals surface area (Å²) in [7, 11) is 0. The van der Waals surface area contributed by atoms with Crippen molar-refractivity contribution in [3.63, 3.8) is 0 Å². The Bertz CT molecular complexity index is 730. The van der Waals surface area contributed by atoms with Gasteiger partial charge in [0.2, 0.25) is 0 Å². The lowest BCUT2D eigenvalue weighted by Crippen LogP contribution is -2.56. The van der Waals surface area contributed by atoms with E-state index in [0.717, 1.165) is 18.8 Å². The highest BCUT2D eigenvalue weighted by atomic mass is 16.5. The molecule has 2 aliphatic rings. The monoisotopic (exact) mass is 343 g/mol. The Hall–Kier alpha value is -2.45. The molecule has 0 spiro atoms. The fraction of sp³-hybridized carbons (Fsp3) is 0.471. The second-order valence-electron chi connectivity index (χ2n) is 6.39. The summed E-state index contributed by atoms with van der Waals surface area (Å²) < 4.78 is 7.05. The summed E-state index contributed by atoms with van der Waals surface area (Å²) in [5.41, 5.74) is 1.44. The predicted molar refractivity (Wildman–Crippen MR) is 90.4 cm³/mol. The van der Waals surface area contributed by atoms with Crippen LogP contribution in [0.15, 0.2) is 36.9 Å². The van der Waals surface area contributed by atoms with Crippen molar-refractivity contribution < 1.29 is 14.6 Å². The van der Waals surface area contributed by atoms with Gasteiger partial charge in [0.15, 0.2) is 0 Å². The number of aromatic nitrogens is 3. The Morgan fingerprint density at radius 1 is 1.32 bits per heavy atom. The van der Waals surface area contributed by atoms with Crippen molar-refractivity contribution in [2.24, 2.45) is 0 Å². The van der Waals surface area contributed by atoms with Crippen molar-refractivity contribution in [2.45, 2.75) is 24.6 Å². The second kappa shape index (κ2) is 6.81. The number of aliphatic hydroxyl groups is 1. The van der Waals surface area contributed by atoms with Crippen molar-refractivity contribution in [3.8, 4) is 0 Å². The summed E-state index contributed by atoms with van der Waals surface area (Å²) in [5.74, 6) is -0.184. The lowest BCUT2D eigenvalue weighted by Gasteiger charge is -2.41. The minimum absolute atomic E-state index is 0.144. The van der Waals surface area contributed by atoms with Crippen LogP contribution in [0.4, 0.5) is 5.69 Å². The van der Waals surface area contributed by atoms with Gasteiger partial charge in [0.25, 0.3) is 5.91 Å². The van der Waals surface area contributed by atoms with Gasteiger partial charge in [-0.15, -0.1) is 0 Å². The van der Waals surface area contributed by atoms with Crippen LogP contribution in [0.3, 0.4) is 0 Å². The summed E-state index contributed by atoms with van der Waals surface area (Å²) in [4.78, 5) is 19.0. The normalized spacial score (nSPS) is 26.1. The number of anilines is 1. The van der Waals surface area contributed by atoms with Crippen molar-refractivity contribution in [1.82, 2.24) is 20.1 Å². The molecule has 1 amide bonds. The van der Waals surface area contributed by atoms with E-state index in [4.69, 9.17) is 4.74 Å². The molecule has 1 aliphatic carbocycles. The van der Waals surface area contributed by atoms with E-state index >= 15 is 0 Å². The van der Waals surface area contributed by atoms with Crippen molar-refractivity contribution in [3.05, 3.63) is 42.5 Å². The number of rotatable bonds is 4. The third-order valence-corrected chi connectivity index (χ3v) is 4.81. The van der Waals surface area contributed by atoms with E-state index in [9.17, 15) is 9.90 Å². The number of ether oxygens (including phenoxy) is 1. The van der Waals surface area contributed by atoms with Crippen LogP contribution in [0.2, 0.25) is 0 Å². The number of nitrogens with one attached hydrogen (secondary N) is 1. The van der Waals surface area contributed by atoms with Crippen LogP contribution in [-0.2, 0) is 4.74 Å². The molecule has 0 radical (unpaired) electrons. The summed E-state index contributed by atoms with van der Waals surface area (Å²) in [6.45, 7) is 2.95. The molecule has 0 aromatic carbocycles. The Morgan fingerprint density at radius 3 is 2.88 bits per heavy atom. The van der Waals surface area contributed by atoms with Gasteiger partial charge >= 0.3 is 0 Å². The van der Waals surface area contributed by atoms with Crippen LogP contribution in [-0.4, -0.2) is 64.2 Å². The highest BCUT2D eigenvalue weighted by Crippen LogP contribution is 2.32. The molecule has 8 heteroatoms. The zero-order valence-corrected chi connectivity index (χ0v) is 13.8. The molecule has 1 aliphatic heterocycles. The van der Waals surface area contributed by atoms with Gasteiger partial charge in [0.05, 0.1) is 48.8 Å². The molecular weight excluding hydrogens is 322 g/mol. The molecule has 3 heterocycles. The van der Waals surface area contributed by atoms with Crippen molar-refractivity contribution in [1.29, 1.82) is 0 Å². The molecule has 2 fully saturated rings. The second-order valence-corrected chi connectivity index (χ2v) is 6.39. The number of carbonyl (C=O) groups excluding carboxylic acids is 1. The standard InChI is InChI=1S/C17H21N5O3/c23-15-9-14(16(15)22-3-1-2-19-22)20-17(24)12-8-13(11-18-10-12)21-4-6-25-7-5-21/h1-3,8,10-11,14-16,23H,4-7,9H2,(H,20,24)/t14-,15+,16+/m0/s1. The first-order valence-corrected chi connectivity index (χ1v) is 8.48. The topological polar surface area (TPSA) is 92.5 Å². The number of amides is 1. The zero-order valence-electron chi connectivity index (χ0n) is 13.8. The van der Waals surface area contributed by atoms with E-state index in [2.05, 4.69) is 20.3 Å². The summed E-state index contributed by atoms with van der Waals surface area (Å²) in [6, 6.07) is 3.29. The smallest absolute Gasteiger partial charge is 0.253 e. The van der Waals surface area contributed by atoms with Crippen molar-refractivity contribution in [2.75, 3.05) is 31.2 Å². The van der Waals surface area contributed by atoms with Gasteiger partial charge < -0.3 is 20.1 Å². The first-order chi connectivity index (χ1) is 12.2. The summed E-state index contributed by atoms with van der Waals surface area (Å²) in [6.07, 6.45) is 6.82. The largest absolute Gasteiger partial charge is 0.391 e. The Balaban J connectivity index is 1.44. The Kier molecular flexibility index (Phi) is 4.37. The third kappa shape index (κ3) is 3.22. The van der Waals surface area contributed by atoms with Crippen molar-refractivity contribution >= 4 is 11.6 Å². The number of carbonyl (C=O) groups is 1. The fourth-order valence-corrected chi connectivity index (χ4v) is 3.37. The van der Waals surface area contributed by atoms with Crippen LogP contribution in [0.5, 0.6) is 0 Å². The molecule has 8 nitrogen and oxygen atoms in total. The van der Waals surface area contributed by atoms with Gasteiger partial charge in [-0.25, -0.2) is 0 Å². The third-order valence-electron chi connectivity index (χ3n) is 4.81. The minimum atomic E-state index is -0.497. The number of pyridine rings is 1. The number of hydrogen-bond donors (Lipinski definition) is 2. The first-order valence-electron chi connectivity index (χ1n) is 8.48. The van der Waals surface area contributed by atoms with Gasteiger partial charge in [-0.3, -0.25) is 14.5 Å². The maximum absolute atomic E-state index is 12.6. The SMILES string of the molecule is O=C(N[C@H]1C[C@@H](O)[C@@H]1n1cccn1)c1cncc(N2CCOCC2)c1. The quantitative estimate of drug-likeness (QED) is 0.825. The van der Waals surface area contributed by atoms with E-state index in [1.165, 1.54) is 0 Å². The fourth-order valence-electron chi connectivity index (χ4n) is 3.37. The maximum atomic E-state index is 12.6. The molecule has 2 aromatic heterocycles. The number of aliphatic hydroxyl groups excluding tert-OH is 1. The average molecular weight is 343 g/mol. The highest BCUT2D eigenvalue weighted by molar-refractivity contribution is 5.95. The molecule has 1 saturated carbocycles. The molecule has 3 atom stereocenters. The van der Waals surface area contributed by atoms with Gasteiger partial charge in [-0.2, -0.15) is 5.10 Å². The van der Waals surface area contributed by atoms with E-state index in [1.54, 1.807) is 35.5 Å². The van der Waals surface area contributed by atoms with Gasteiger partial charge in [-0.05, 0) is 18.6 Å². The molecule has 2 N–H and O–H groups in total.